The molecule has 3 aromatic rings. The fraction of sp³-hybridized carbons (Fsp3) is 0.261. The fourth-order valence-corrected chi connectivity index (χ4v) is 4.28. The first kappa shape index (κ1) is 24.7. The predicted molar refractivity (Wildman–Crippen MR) is 132 cm³/mol. The average Bonchev–Trinajstić information content (AvgIpc) is 2.72. The Kier molecular flexibility index (Phi) is 10.5. The molecule has 0 saturated carbocycles. The van der Waals surface area contributed by atoms with Gasteiger partial charge in [-0.2, -0.15) is 4.57 Å². The van der Waals surface area contributed by atoms with Crippen molar-refractivity contribution in [1.29, 1.82) is 0 Å². The lowest BCUT2D eigenvalue weighted by Crippen LogP contribution is -3.00. The first-order chi connectivity index (χ1) is 13.7. The number of nitrogens with zero attached hydrogens (tertiary/aromatic N) is 2. The molecule has 6 heteroatoms. The molecule has 0 aliphatic rings. The molecule has 3 rings (SSSR count). The third kappa shape index (κ3) is 6.45. The highest BCUT2D eigenvalue weighted by atomic mass is 127. The van der Waals surface area contributed by atoms with Crippen LogP contribution in [-0.2, 0) is 6.54 Å². The Labute approximate surface area is 214 Å². The van der Waals surface area contributed by atoms with Gasteiger partial charge in [-0.3, -0.25) is 0 Å². The second kappa shape index (κ2) is 12.3. The summed E-state index contributed by atoms with van der Waals surface area (Å²) in [6.45, 7) is 4.72. The minimum atomic E-state index is 0. The van der Waals surface area contributed by atoms with Gasteiger partial charge < -0.3 is 28.9 Å². The summed E-state index contributed by atoms with van der Waals surface area (Å²) in [6, 6.07) is 19.5. The van der Waals surface area contributed by atoms with E-state index in [1.807, 2.05) is 0 Å². The van der Waals surface area contributed by atoms with E-state index >= 15 is 0 Å². The quantitative estimate of drug-likeness (QED) is 0.206. The number of anilines is 1. The third-order valence-corrected chi connectivity index (χ3v) is 5.76. The topological polar surface area (TPSA) is 7.12 Å². The van der Waals surface area contributed by atoms with Crippen LogP contribution in [0.25, 0.3) is 23.1 Å². The summed E-state index contributed by atoms with van der Waals surface area (Å²) in [4.78, 5) is 2.21. The van der Waals surface area contributed by atoms with E-state index < -0.39 is 0 Å². The van der Waals surface area contributed by atoms with E-state index in [-0.39, 0.29) is 24.0 Å². The van der Waals surface area contributed by atoms with Gasteiger partial charge in [0.2, 0.25) is 11.2 Å². The van der Waals surface area contributed by atoms with Crippen LogP contribution in [0, 0.1) is 3.57 Å². The Balaban J connectivity index is 0.00000300. The number of hydrogen-bond acceptors (Lipinski definition) is 1. The standard InChI is InChI=1S/C23H24Cl2IN2.HI/c1-2-28-22(11-6-19-17-20(26)7-12-23(19)28)10-5-18-3-8-21(9-4-18)27(15-13-24)16-14-25;/h3-12,17H,2,13-16H2,1H3;1H/q+1;/p-1. The van der Waals surface area contributed by atoms with E-state index in [4.69, 9.17) is 23.2 Å². The van der Waals surface area contributed by atoms with Crippen molar-refractivity contribution in [2.24, 2.45) is 0 Å². The van der Waals surface area contributed by atoms with Gasteiger partial charge in [0.05, 0.1) is 0 Å². The number of aromatic nitrogens is 1. The molecule has 0 unspecified atom stereocenters. The van der Waals surface area contributed by atoms with Gasteiger partial charge in [-0.05, 0) is 71.5 Å². The molecular weight excluding hydrogens is 629 g/mol. The second-order valence-corrected chi connectivity index (χ2v) is 8.50. The van der Waals surface area contributed by atoms with Crippen molar-refractivity contribution < 1.29 is 28.5 Å². The molecule has 2 aromatic carbocycles. The summed E-state index contributed by atoms with van der Waals surface area (Å²) < 4.78 is 3.60. The maximum absolute atomic E-state index is 5.91. The number of halogens is 4. The predicted octanol–water partition coefficient (Wildman–Crippen LogP) is 3.21. The number of pyridine rings is 1. The third-order valence-electron chi connectivity index (χ3n) is 4.76. The van der Waals surface area contributed by atoms with Crippen LogP contribution in [0.15, 0.2) is 54.6 Å². The largest absolute Gasteiger partial charge is 1.00 e. The number of hydrogen-bond donors (Lipinski definition) is 0. The molecule has 0 aliphatic carbocycles. The van der Waals surface area contributed by atoms with Gasteiger partial charge in [-0.1, -0.05) is 12.1 Å². The van der Waals surface area contributed by atoms with Gasteiger partial charge in [0.15, 0.2) is 0 Å². The minimum Gasteiger partial charge on any atom is -1.00 e. The molecule has 0 bridgehead atoms. The molecule has 0 N–H and O–H groups in total. The van der Waals surface area contributed by atoms with E-state index in [9.17, 15) is 0 Å². The SMILES string of the molecule is CC[n+]1c(/C=C/c2ccc(N(CCCl)CCCl)cc2)ccc2cc(I)ccc21.[I-]. The molecule has 0 aliphatic heterocycles. The van der Waals surface area contributed by atoms with Crippen LogP contribution in [0.2, 0.25) is 0 Å². The smallest absolute Gasteiger partial charge is 0.213 e. The van der Waals surface area contributed by atoms with Crippen molar-refractivity contribution in [3.8, 4) is 0 Å². The van der Waals surface area contributed by atoms with E-state index in [0.29, 0.717) is 11.8 Å². The number of alkyl halides is 2. The van der Waals surface area contributed by atoms with E-state index in [0.717, 1.165) is 25.3 Å². The van der Waals surface area contributed by atoms with Gasteiger partial charge in [-0.15, -0.1) is 23.2 Å². The number of fused-ring (bicyclic) bond motifs is 1. The number of rotatable bonds is 8. The fourth-order valence-electron chi connectivity index (χ4n) is 3.36. The second-order valence-electron chi connectivity index (χ2n) is 6.50. The van der Waals surface area contributed by atoms with Gasteiger partial charge >= 0.3 is 0 Å². The zero-order chi connectivity index (χ0) is 19.9. The highest BCUT2D eigenvalue weighted by Crippen LogP contribution is 2.19. The monoisotopic (exact) mass is 652 g/mol. The molecule has 1 aromatic heterocycles. The van der Waals surface area contributed by atoms with Crippen molar-refractivity contribution in [1.82, 2.24) is 0 Å². The number of aryl methyl sites for hydroxylation is 1. The van der Waals surface area contributed by atoms with Crippen LogP contribution in [0.4, 0.5) is 5.69 Å². The normalized spacial score (nSPS) is 11.0. The summed E-state index contributed by atoms with van der Waals surface area (Å²) in [5, 5.41) is 1.27. The molecular formula is C23H24Cl2I2N2. The van der Waals surface area contributed by atoms with Crippen LogP contribution >= 0.6 is 45.8 Å². The van der Waals surface area contributed by atoms with Gasteiger partial charge in [-0.25, -0.2) is 0 Å². The highest BCUT2D eigenvalue weighted by molar-refractivity contribution is 14.1. The van der Waals surface area contributed by atoms with Crippen LogP contribution in [0.3, 0.4) is 0 Å². The van der Waals surface area contributed by atoms with Crippen LogP contribution in [0.5, 0.6) is 0 Å². The summed E-state index contributed by atoms with van der Waals surface area (Å²) in [7, 11) is 0. The Morgan fingerprint density at radius 2 is 1.62 bits per heavy atom. The zero-order valence-corrected chi connectivity index (χ0v) is 22.1. The molecule has 2 nitrogen and oxygen atoms in total. The van der Waals surface area contributed by atoms with E-state index in [2.05, 4.69) is 106 Å². The molecule has 0 spiro atoms. The van der Waals surface area contributed by atoms with Crippen molar-refractivity contribution in [3.63, 3.8) is 0 Å². The molecule has 0 saturated heterocycles. The minimum absolute atomic E-state index is 0. The van der Waals surface area contributed by atoms with Crippen molar-refractivity contribution in [3.05, 3.63) is 69.4 Å². The first-order valence-corrected chi connectivity index (χ1v) is 11.6. The summed E-state index contributed by atoms with van der Waals surface area (Å²) in [6.07, 6.45) is 4.35. The van der Waals surface area contributed by atoms with E-state index in [1.54, 1.807) is 0 Å². The van der Waals surface area contributed by atoms with Gasteiger partial charge in [0, 0.05) is 57.7 Å². The molecule has 0 fully saturated rings. The lowest BCUT2D eigenvalue weighted by Gasteiger charge is -2.22. The maximum atomic E-state index is 5.91. The maximum Gasteiger partial charge on any atom is 0.213 e. The Morgan fingerprint density at radius 3 is 2.24 bits per heavy atom. The molecule has 0 radical (unpaired) electrons. The molecule has 0 amide bonds. The van der Waals surface area contributed by atoms with E-state index in [1.165, 1.54) is 25.7 Å². The molecule has 154 valence electrons. The Hall–Kier alpha value is -0.570. The van der Waals surface area contributed by atoms with Crippen molar-refractivity contribution in [2.75, 3.05) is 29.7 Å². The summed E-state index contributed by atoms with van der Waals surface area (Å²) >= 11 is 14.2. The van der Waals surface area contributed by atoms with Crippen LogP contribution in [0.1, 0.15) is 18.2 Å². The lowest BCUT2D eigenvalue weighted by molar-refractivity contribution is -0.669. The first-order valence-electron chi connectivity index (χ1n) is 9.43. The Morgan fingerprint density at radius 1 is 0.931 bits per heavy atom. The highest BCUT2D eigenvalue weighted by Gasteiger charge is 2.12. The average molecular weight is 653 g/mol. The van der Waals surface area contributed by atoms with Crippen LogP contribution < -0.4 is 33.4 Å². The van der Waals surface area contributed by atoms with Crippen LogP contribution in [-0.4, -0.2) is 24.8 Å². The zero-order valence-electron chi connectivity index (χ0n) is 16.3. The summed E-state index contributed by atoms with van der Waals surface area (Å²) in [5.74, 6) is 1.19. The van der Waals surface area contributed by atoms with Crippen molar-refractivity contribution in [2.45, 2.75) is 13.5 Å². The number of benzene rings is 2. The Bertz CT molecular complexity index is 953. The molecule has 1 heterocycles. The molecule has 29 heavy (non-hydrogen) atoms. The molecule has 0 atom stereocenters. The van der Waals surface area contributed by atoms with Gasteiger partial charge in [0.25, 0.3) is 0 Å². The van der Waals surface area contributed by atoms with Gasteiger partial charge in [0.1, 0.15) is 6.54 Å². The lowest BCUT2D eigenvalue weighted by atomic mass is 10.1. The van der Waals surface area contributed by atoms with Crippen molar-refractivity contribution >= 4 is 74.5 Å². The summed E-state index contributed by atoms with van der Waals surface area (Å²) in [5.41, 5.74) is 4.79.